The lowest BCUT2D eigenvalue weighted by Gasteiger charge is -2.42. The predicted octanol–water partition coefficient (Wildman–Crippen LogP) is -1.67. The van der Waals surface area contributed by atoms with E-state index >= 15 is 0 Å². The molecule has 35 heteroatoms. The Labute approximate surface area is 587 Å². The highest BCUT2D eigenvalue weighted by Gasteiger charge is 2.50. The lowest BCUT2D eigenvalue weighted by atomic mass is 9.86. The summed E-state index contributed by atoms with van der Waals surface area (Å²) in [7, 11) is 0. The molecule has 2 aromatic heterocycles. The van der Waals surface area contributed by atoms with Crippen LogP contribution in [-0.4, -0.2) is 281 Å². The maximum atomic E-state index is 15.0. The highest BCUT2D eigenvalue weighted by atomic mass is 32.3. The first-order valence-corrected chi connectivity index (χ1v) is 36.0. The fourth-order valence-corrected chi connectivity index (χ4v) is 15.0. The van der Waals surface area contributed by atoms with Gasteiger partial charge in [-0.05, 0) is 106 Å². The Morgan fingerprint density at radius 1 is 0.743 bits per heavy atom. The van der Waals surface area contributed by atoms with E-state index in [-0.39, 0.29) is 24.2 Å². The molecule has 1 saturated carbocycles. The standard InChI is InChI=1S/C66H91N13O20S2/c1-34-4-13-42(14-5-34)75-20-22-76(23-21-75)43-15-11-40(12-16-43)63-74-79-31-47(70-66(79)100-63)38-7-9-39(10-8-38)58(89)69-46-26-44(83)28-68-62(93)56-57(88)35(2)29-78(56)65(95)55(50(86)18-19-67-41(32-80)33-81)73-61(92)54(51(87)24-37-6-17-49(85)52(25-37)99-101(96,97)98)72-60(91)48-27-45(84)30-77(48)64(94)53(36(3)82)71-59(46)90/h6-12,15-17,25,31,34-36,41-42,44-46,48,50-51,53-57,67,80-88,96-98H,4-5,13-14,18-24,26-30,32-33H2,1-3H3,(H,68,93)(H,69,89)(H,71,90)(H,72,91)(H,73,92)/t34?,35-,36+,42?,44+,45+,46?,48-,50+,51+,53-,54-,55-,56-,57-/m0/s1. The molecule has 10 rings (SSSR count). The van der Waals surface area contributed by atoms with Crippen molar-refractivity contribution in [1.82, 2.24) is 61.2 Å². The molecule has 6 heterocycles. The number of rotatable bonds is 19. The number of nitrogens with one attached hydrogen (secondary N) is 6. The van der Waals surface area contributed by atoms with Gasteiger partial charge < -0.3 is 96.7 Å². The molecule has 552 valence electrons. The van der Waals surface area contributed by atoms with Gasteiger partial charge in [0.25, 0.3) is 17.1 Å². The fraction of sp³-hybridized carbons (Fsp3) is 0.561. The predicted molar refractivity (Wildman–Crippen MR) is 367 cm³/mol. The number of benzene rings is 3. The first-order valence-electron chi connectivity index (χ1n) is 33.8. The molecule has 0 spiro atoms. The lowest BCUT2D eigenvalue weighted by Crippen LogP contribution is -2.64. The monoisotopic (exact) mass is 1450 g/mol. The van der Waals surface area contributed by atoms with E-state index in [1.54, 1.807) is 22.8 Å². The molecule has 33 nitrogen and oxygen atoms in total. The van der Waals surface area contributed by atoms with Gasteiger partial charge in [0, 0.05) is 99.4 Å². The zero-order valence-corrected chi connectivity index (χ0v) is 57.6. The molecular formula is C66H91N13O20S2. The molecule has 0 bridgehead atoms. The number of aromatic hydroxyl groups is 1. The maximum Gasteiger partial charge on any atom is 0.266 e. The average molecular weight is 1450 g/mol. The summed E-state index contributed by atoms with van der Waals surface area (Å²) in [5.74, 6) is -9.66. The molecule has 1 aliphatic carbocycles. The number of carbonyl (C=O) groups excluding carboxylic acids is 7. The van der Waals surface area contributed by atoms with Crippen molar-refractivity contribution < 1.29 is 97.4 Å². The first kappa shape index (κ1) is 75.9. The Morgan fingerprint density at radius 2 is 1.40 bits per heavy atom. The van der Waals surface area contributed by atoms with Crippen LogP contribution in [0.1, 0.15) is 81.6 Å². The minimum absolute atomic E-state index is 0.00831. The smallest absolute Gasteiger partial charge is 0.266 e. The number of phenols is 1. The van der Waals surface area contributed by atoms with Crippen LogP contribution in [0.4, 0.5) is 5.69 Å². The highest BCUT2D eigenvalue weighted by Crippen LogP contribution is 2.41. The molecule has 4 aliphatic heterocycles. The molecule has 3 aromatic carbocycles. The number of hydrogen-bond acceptors (Lipinski definition) is 26. The van der Waals surface area contributed by atoms with Gasteiger partial charge in [-0.2, -0.15) is 5.10 Å². The Morgan fingerprint density at radius 3 is 2.05 bits per heavy atom. The number of aliphatic hydroxyl groups excluding tert-OH is 8. The van der Waals surface area contributed by atoms with Crippen LogP contribution in [0.3, 0.4) is 0 Å². The van der Waals surface area contributed by atoms with Crippen molar-refractivity contribution in [1.29, 1.82) is 0 Å². The largest absolute Gasteiger partial charge is 0.504 e. The quantitative estimate of drug-likeness (QED) is 0.0439. The number of piperazine rings is 1. The summed E-state index contributed by atoms with van der Waals surface area (Å²) in [6.45, 7) is 5.91. The van der Waals surface area contributed by atoms with Crippen LogP contribution in [-0.2, 0) is 35.2 Å². The van der Waals surface area contributed by atoms with E-state index in [2.05, 4.69) is 77.1 Å². The number of aromatic nitrogens is 3. The number of fused-ring (bicyclic) bond motifs is 3. The van der Waals surface area contributed by atoms with Crippen molar-refractivity contribution in [2.75, 3.05) is 70.5 Å². The molecule has 101 heavy (non-hydrogen) atoms. The molecule has 1 unspecified atom stereocenters. The van der Waals surface area contributed by atoms with Crippen LogP contribution >= 0.6 is 22.5 Å². The Balaban J connectivity index is 0.890. The van der Waals surface area contributed by atoms with E-state index < -0.39 is 201 Å². The van der Waals surface area contributed by atoms with Gasteiger partial charge >= 0.3 is 0 Å². The van der Waals surface area contributed by atoms with Gasteiger partial charge in [0.2, 0.25) is 40.4 Å². The molecule has 0 radical (unpaired) electrons. The summed E-state index contributed by atoms with van der Waals surface area (Å²) in [5.41, 5.74) is 3.16. The summed E-state index contributed by atoms with van der Waals surface area (Å²) in [5, 5.41) is 120. The third kappa shape index (κ3) is 18.6. The molecule has 7 amide bonds. The molecular weight excluding hydrogens is 1360 g/mol. The summed E-state index contributed by atoms with van der Waals surface area (Å²) in [6, 6.07) is 5.69. The number of hydrogen-bond donors (Lipinski definition) is 18. The Hall–Kier alpha value is -7.72. The van der Waals surface area contributed by atoms with Crippen LogP contribution in [0.25, 0.3) is 26.8 Å². The highest BCUT2D eigenvalue weighted by molar-refractivity contribution is 8.15. The van der Waals surface area contributed by atoms with Crippen molar-refractivity contribution in [3.8, 4) is 33.3 Å². The van der Waals surface area contributed by atoms with Crippen molar-refractivity contribution in [3.63, 3.8) is 0 Å². The van der Waals surface area contributed by atoms with Crippen LogP contribution in [0.5, 0.6) is 11.5 Å². The first-order chi connectivity index (χ1) is 48.1. The molecule has 4 saturated heterocycles. The van der Waals surface area contributed by atoms with Crippen molar-refractivity contribution in [2.45, 2.75) is 157 Å². The van der Waals surface area contributed by atoms with Crippen molar-refractivity contribution in [3.05, 3.63) is 84.1 Å². The summed E-state index contributed by atoms with van der Waals surface area (Å²) >= 11 is -3.34. The summed E-state index contributed by atoms with van der Waals surface area (Å²) in [6.07, 6.45) is -6.18. The number of phenolic OH excluding ortho intramolecular Hbond substituents is 1. The normalized spacial score (nSPS) is 27.6. The van der Waals surface area contributed by atoms with Crippen molar-refractivity contribution in [2.24, 2.45) is 11.8 Å². The van der Waals surface area contributed by atoms with Gasteiger partial charge in [-0.1, -0.05) is 43.4 Å². The number of carbonyl (C=O) groups is 7. The van der Waals surface area contributed by atoms with Gasteiger partial charge in [0.15, 0.2) is 11.5 Å². The molecule has 18 N–H and O–H groups in total. The van der Waals surface area contributed by atoms with E-state index in [9.17, 15) is 93.2 Å². The number of anilines is 1. The second-order valence-corrected chi connectivity index (χ2v) is 29.0. The Bertz CT molecular complexity index is 3680. The third-order valence-corrected chi connectivity index (χ3v) is 20.9. The van der Waals surface area contributed by atoms with E-state index in [4.69, 9.17) is 10.1 Å². The van der Waals surface area contributed by atoms with Gasteiger partial charge in [-0.25, -0.2) is 9.50 Å². The number of β-amino-alcohol motifs (C(OH)–C–C–N with tert-alkyl or cyclic N) is 1. The second-order valence-electron chi connectivity index (χ2n) is 27.0. The van der Waals surface area contributed by atoms with Crippen LogP contribution in [0.15, 0.2) is 72.9 Å². The minimum Gasteiger partial charge on any atom is -0.504 e. The topological polar surface area (TPSA) is 487 Å². The van der Waals surface area contributed by atoms with Crippen LogP contribution in [0, 0.1) is 11.8 Å². The van der Waals surface area contributed by atoms with Gasteiger partial charge in [-0.15, -0.1) is 0 Å². The zero-order valence-electron chi connectivity index (χ0n) is 56.0. The maximum absolute atomic E-state index is 15.0. The number of aliphatic hydroxyl groups is 8. The molecule has 5 aromatic rings. The van der Waals surface area contributed by atoms with Crippen LogP contribution < -0.4 is 41.0 Å². The van der Waals surface area contributed by atoms with Crippen LogP contribution in [0.2, 0.25) is 0 Å². The Kier molecular flexibility index (Phi) is 24.9. The molecule has 5 fully saturated rings. The van der Waals surface area contributed by atoms with Crippen molar-refractivity contribution >= 4 is 74.5 Å². The SMILES string of the molecule is CC1CCC(N2CCN(c3ccc(-c4nn5cc(-c6ccc(C(=O)NC7C[C@@H](O)CNC(=O)[C@@H]8[C@@H](O)[C@@H](C)CN8C(=O)[C@H]([C@H](O)CCNC(CO)CO)NC(=O)[C@H]([C@H](O)Cc8ccc(O)c(OS(O)(O)O)c8)NC(=O)[C@@H]8C[C@@H](O)CN8C(=O)[C@H]([C@@H](C)O)NC7=O)cc6)nc5s4)cc3)CC2)CC1. The minimum atomic E-state index is -4.74. The van der Waals surface area contributed by atoms with Gasteiger partial charge in [0.1, 0.15) is 41.3 Å². The number of imidazole rings is 1. The summed E-state index contributed by atoms with van der Waals surface area (Å²) < 4.78 is 35.1. The summed E-state index contributed by atoms with van der Waals surface area (Å²) in [4.78, 5) is 115. The van der Waals surface area contributed by atoms with E-state index in [1.165, 1.54) is 62.1 Å². The lowest BCUT2D eigenvalue weighted by molar-refractivity contribution is -0.147. The third-order valence-electron chi connectivity index (χ3n) is 19.5. The molecule has 5 aliphatic rings. The average Bonchev–Trinajstić information content (AvgIpc) is 1.69. The second kappa shape index (κ2) is 33.2. The van der Waals surface area contributed by atoms with E-state index in [1.807, 2.05) is 0 Å². The number of nitrogens with zero attached hydrogens (tertiary/aromatic N) is 7. The zero-order chi connectivity index (χ0) is 72.7. The fourth-order valence-electron chi connectivity index (χ4n) is 13.7. The number of amides is 7. The van der Waals surface area contributed by atoms with Gasteiger partial charge in [0.05, 0.1) is 67.8 Å². The van der Waals surface area contributed by atoms with Gasteiger partial charge in [-0.3, -0.25) is 52.1 Å². The van der Waals surface area contributed by atoms with E-state index in [0.29, 0.717) is 22.3 Å². The molecule has 13 atom stereocenters. The van der Waals surface area contributed by atoms with E-state index in [0.717, 1.165) is 77.2 Å².